The molecule has 1 aromatic carbocycles. The van der Waals surface area contributed by atoms with Gasteiger partial charge in [0.1, 0.15) is 11.3 Å². The van der Waals surface area contributed by atoms with Gasteiger partial charge in [-0.1, -0.05) is 18.2 Å². The molecule has 2 aliphatic rings. The maximum Gasteiger partial charge on any atom is 0.344 e. The van der Waals surface area contributed by atoms with E-state index in [9.17, 15) is 19.2 Å². The van der Waals surface area contributed by atoms with E-state index in [0.29, 0.717) is 42.1 Å². The SMILES string of the molecule is COc1ccc(C2(C)NC(=O)N(NC(=O)CN3CCC(NC(=O)c4cccs4)CC3)C2=O)cc1. The van der Waals surface area contributed by atoms with Gasteiger partial charge in [-0.15, -0.1) is 11.3 Å². The number of benzene rings is 1. The number of methoxy groups -OCH3 is 1. The van der Waals surface area contributed by atoms with E-state index < -0.39 is 23.4 Å². The second kappa shape index (κ2) is 9.82. The first-order chi connectivity index (χ1) is 16.3. The fourth-order valence-corrected chi connectivity index (χ4v) is 4.75. The van der Waals surface area contributed by atoms with Gasteiger partial charge in [-0.2, -0.15) is 5.01 Å². The number of imide groups is 1. The van der Waals surface area contributed by atoms with Crippen LogP contribution >= 0.6 is 11.3 Å². The Morgan fingerprint density at radius 2 is 1.88 bits per heavy atom. The number of hydrogen-bond donors (Lipinski definition) is 3. The van der Waals surface area contributed by atoms with Gasteiger partial charge in [-0.25, -0.2) is 4.79 Å². The highest BCUT2D eigenvalue weighted by molar-refractivity contribution is 7.12. The summed E-state index contributed by atoms with van der Waals surface area (Å²) in [6.45, 7) is 2.87. The van der Waals surface area contributed by atoms with Gasteiger partial charge in [-0.3, -0.25) is 24.7 Å². The number of nitrogens with zero attached hydrogens (tertiary/aromatic N) is 2. The van der Waals surface area contributed by atoms with Crippen LogP contribution in [-0.2, 0) is 15.1 Å². The Morgan fingerprint density at radius 1 is 1.18 bits per heavy atom. The summed E-state index contributed by atoms with van der Waals surface area (Å²) in [5.74, 6) is -0.469. The molecule has 2 saturated heterocycles. The zero-order chi connectivity index (χ0) is 24.3. The van der Waals surface area contributed by atoms with Crippen molar-refractivity contribution in [2.75, 3.05) is 26.7 Å². The molecule has 1 aromatic heterocycles. The molecule has 180 valence electrons. The molecule has 2 aromatic rings. The number of likely N-dealkylation sites (tertiary alicyclic amines) is 1. The van der Waals surface area contributed by atoms with E-state index in [1.165, 1.54) is 11.3 Å². The first-order valence-electron chi connectivity index (χ1n) is 11.0. The number of thiophene rings is 1. The maximum atomic E-state index is 13.0. The van der Waals surface area contributed by atoms with E-state index in [2.05, 4.69) is 16.1 Å². The summed E-state index contributed by atoms with van der Waals surface area (Å²) in [6, 6.07) is 9.78. The molecule has 1 atom stereocenters. The topological polar surface area (TPSA) is 120 Å². The third-order valence-corrected chi connectivity index (χ3v) is 7.00. The van der Waals surface area contributed by atoms with E-state index in [4.69, 9.17) is 4.74 Å². The second-order valence-electron chi connectivity index (χ2n) is 8.46. The molecule has 34 heavy (non-hydrogen) atoms. The number of urea groups is 1. The van der Waals surface area contributed by atoms with Crippen LogP contribution in [0.5, 0.6) is 5.75 Å². The number of hydrazine groups is 1. The fraction of sp³-hybridized carbons (Fsp3) is 0.391. The van der Waals surface area contributed by atoms with Crippen LogP contribution in [0.2, 0.25) is 0 Å². The molecule has 4 rings (SSSR count). The van der Waals surface area contributed by atoms with Crippen molar-refractivity contribution in [1.29, 1.82) is 0 Å². The van der Waals surface area contributed by atoms with Crippen LogP contribution in [-0.4, -0.2) is 66.4 Å². The average molecular weight is 486 g/mol. The van der Waals surface area contributed by atoms with Crippen LogP contribution < -0.4 is 20.8 Å². The van der Waals surface area contributed by atoms with Gasteiger partial charge in [-0.05, 0) is 48.9 Å². The van der Waals surface area contributed by atoms with E-state index in [-0.39, 0.29) is 18.5 Å². The van der Waals surface area contributed by atoms with Gasteiger partial charge in [0.15, 0.2) is 0 Å². The lowest BCUT2D eigenvalue weighted by atomic mass is 9.92. The van der Waals surface area contributed by atoms with Crippen molar-refractivity contribution in [1.82, 2.24) is 26.0 Å². The van der Waals surface area contributed by atoms with Gasteiger partial charge in [0.2, 0.25) is 0 Å². The summed E-state index contributed by atoms with van der Waals surface area (Å²) in [4.78, 5) is 52.9. The molecule has 2 aliphatic heterocycles. The van der Waals surface area contributed by atoms with Gasteiger partial charge >= 0.3 is 6.03 Å². The summed E-state index contributed by atoms with van der Waals surface area (Å²) in [7, 11) is 1.54. The van der Waals surface area contributed by atoms with Crippen LogP contribution in [0.1, 0.15) is 35.0 Å². The Bertz CT molecular complexity index is 1070. The van der Waals surface area contributed by atoms with Crippen molar-refractivity contribution >= 4 is 35.1 Å². The van der Waals surface area contributed by atoms with Crippen LogP contribution in [0, 0.1) is 0 Å². The predicted molar refractivity (Wildman–Crippen MR) is 125 cm³/mol. The lowest BCUT2D eigenvalue weighted by Gasteiger charge is -2.32. The second-order valence-corrected chi connectivity index (χ2v) is 9.41. The summed E-state index contributed by atoms with van der Waals surface area (Å²) in [5.41, 5.74) is 1.72. The molecule has 0 aliphatic carbocycles. The van der Waals surface area contributed by atoms with Crippen molar-refractivity contribution in [3.05, 3.63) is 52.2 Å². The highest BCUT2D eigenvalue weighted by Crippen LogP contribution is 2.29. The Labute approximate surface area is 201 Å². The molecule has 0 saturated carbocycles. The number of piperidine rings is 1. The normalized spacial score (nSPS) is 21.3. The molecule has 10 nitrogen and oxygen atoms in total. The lowest BCUT2D eigenvalue weighted by molar-refractivity contribution is -0.139. The number of amides is 5. The smallest absolute Gasteiger partial charge is 0.344 e. The quantitative estimate of drug-likeness (QED) is 0.511. The number of rotatable bonds is 7. The van der Waals surface area contributed by atoms with Crippen molar-refractivity contribution in [3.63, 3.8) is 0 Å². The minimum absolute atomic E-state index is 0.0436. The molecule has 0 radical (unpaired) electrons. The Morgan fingerprint density at radius 3 is 2.50 bits per heavy atom. The third kappa shape index (κ3) is 4.90. The molecule has 2 fully saturated rings. The van der Waals surface area contributed by atoms with Crippen molar-refractivity contribution in [2.24, 2.45) is 0 Å². The first kappa shape index (κ1) is 23.7. The third-order valence-electron chi connectivity index (χ3n) is 6.13. The number of hydrogen-bond acceptors (Lipinski definition) is 7. The van der Waals surface area contributed by atoms with E-state index >= 15 is 0 Å². The predicted octanol–water partition coefficient (Wildman–Crippen LogP) is 1.45. The Balaban J connectivity index is 1.28. The van der Waals surface area contributed by atoms with Crippen molar-refractivity contribution < 1.29 is 23.9 Å². The highest BCUT2D eigenvalue weighted by Gasteiger charge is 2.50. The largest absolute Gasteiger partial charge is 0.497 e. The number of ether oxygens (including phenoxy) is 1. The van der Waals surface area contributed by atoms with E-state index in [1.54, 1.807) is 44.4 Å². The standard InChI is InChI=1S/C23H27N5O5S/c1-23(15-5-7-17(33-2)8-6-15)21(31)28(22(32)25-23)26-19(29)14-27-11-9-16(10-12-27)24-20(30)18-4-3-13-34-18/h3-8,13,16H,9-12,14H2,1-2H3,(H,24,30)(H,25,32)(H,26,29). The minimum atomic E-state index is -1.30. The molecule has 11 heteroatoms. The molecule has 3 heterocycles. The summed E-state index contributed by atoms with van der Waals surface area (Å²) < 4.78 is 5.14. The fourth-order valence-electron chi connectivity index (χ4n) is 4.12. The lowest BCUT2D eigenvalue weighted by Crippen LogP contribution is -2.52. The van der Waals surface area contributed by atoms with Gasteiger partial charge in [0.25, 0.3) is 17.7 Å². The van der Waals surface area contributed by atoms with E-state index in [1.807, 2.05) is 16.3 Å². The average Bonchev–Trinajstić information content (AvgIpc) is 3.45. The number of nitrogens with one attached hydrogen (secondary N) is 3. The minimum Gasteiger partial charge on any atom is -0.497 e. The van der Waals surface area contributed by atoms with Crippen molar-refractivity contribution in [3.8, 4) is 5.75 Å². The highest BCUT2D eigenvalue weighted by atomic mass is 32.1. The summed E-state index contributed by atoms with van der Waals surface area (Å²) in [6.07, 6.45) is 1.42. The van der Waals surface area contributed by atoms with Crippen LogP contribution in [0.3, 0.4) is 0 Å². The monoisotopic (exact) mass is 485 g/mol. The zero-order valence-electron chi connectivity index (χ0n) is 19.0. The van der Waals surface area contributed by atoms with Crippen molar-refractivity contribution in [2.45, 2.75) is 31.3 Å². The van der Waals surface area contributed by atoms with Crippen LogP contribution in [0.4, 0.5) is 4.79 Å². The maximum absolute atomic E-state index is 13.0. The molecular weight excluding hydrogens is 458 g/mol. The molecule has 5 amide bonds. The molecular formula is C23H27N5O5S. The van der Waals surface area contributed by atoms with E-state index in [0.717, 1.165) is 5.01 Å². The van der Waals surface area contributed by atoms with Gasteiger partial charge < -0.3 is 15.4 Å². The van der Waals surface area contributed by atoms with Crippen LogP contribution in [0.15, 0.2) is 41.8 Å². The molecule has 0 spiro atoms. The Hall–Kier alpha value is -3.44. The van der Waals surface area contributed by atoms with Gasteiger partial charge in [0, 0.05) is 19.1 Å². The van der Waals surface area contributed by atoms with Gasteiger partial charge in [0.05, 0.1) is 18.5 Å². The first-order valence-corrected chi connectivity index (χ1v) is 11.9. The summed E-state index contributed by atoms with van der Waals surface area (Å²) >= 11 is 1.40. The molecule has 3 N–H and O–H groups in total. The number of carbonyl (C=O) groups is 4. The molecule has 1 unspecified atom stereocenters. The van der Waals surface area contributed by atoms with Crippen LogP contribution in [0.25, 0.3) is 0 Å². The summed E-state index contributed by atoms with van der Waals surface area (Å²) in [5, 5.41) is 8.28. The zero-order valence-corrected chi connectivity index (χ0v) is 19.8. The molecule has 0 bridgehead atoms. The number of carbonyl (C=O) groups excluding carboxylic acids is 4. The Kier molecular flexibility index (Phi) is 6.85.